The summed E-state index contributed by atoms with van der Waals surface area (Å²) < 4.78 is 0.800. The topological polar surface area (TPSA) is 34.1 Å². The molecule has 0 bridgehead atoms. The summed E-state index contributed by atoms with van der Waals surface area (Å²) in [6.45, 7) is 8.59. The van der Waals surface area contributed by atoms with Gasteiger partial charge in [0.15, 0.2) is 0 Å². The van der Waals surface area contributed by atoms with Crippen LogP contribution in [0.3, 0.4) is 0 Å². The van der Waals surface area contributed by atoms with Crippen molar-refractivity contribution in [3.05, 3.63) is 0 Å². The van der Waals surface area contributed by atoms with Crippen LogP contribution in [-0.4, -0.2) is 43.2 Å². The molecule has 0 saturated carbocycles. The third-order valence-corrected chi connectivity index (χ3v) is 9.62. The maximum Gasteiger partial charge on any atom is 0.149 e. The third-order valence-electron chi connectivity index (χ3n) is 9.62. The summed E-state index contributed by atoms with van der Waals surface area (Å²) in [6.07, 6.45) is 37.3. The molecule has 0 N–H and O–H groups in total. The van der Waals surface area contributed by atoms with E-state index in [9.17, 15) is 9.59 Å². The number of Topliss-reactive ketones (excluding diaryl/α,β-unsaturated/α-hetero) is 2. The van der Waals surface area contributed by atoms with Gasteiger partial charge in [-0.15, -0.1) is 0 Å². The van der Waals surface area contributed by atoms with E-state index < -0.39 is 0 Å². The first kappa shape index (κ1) is 42.3. The minimum atomic E-state index is -0.388. The van der Waals surface area contributed by atoms with Crippen LogP contribution >= 0.6 is 0 Å². The molecule has 0 aliphatic rings. The lowest BCUT2D eigenvalue weighted by molar-refractivity contribution is -0.891. The van der Waals surface area contributed by atoms with Crippen LogP contribution in [0.1, 0.15) is 213 Å². The molecule has 0 aromatic carbocycles. The summed E-state index contributed by atoms with van der Waals surface area (Å²) >= 11 is 0. The van der Waals surface area contributed by atoms with Crippen molar-refractivity contribution in [2.45, 2.75) is 213 Å². The van der Waals surface area contributed by atoms with Crippen LogP contribution in [0.15, 0.2) is 0 Å². The van der Waals surface area contributed by atoms with Gasteiger partial charge < -0.3 is 4.48 Å². The van der Waals surface area contributed by atoms with Crippen molar-refractivity contribution in [3.8, 4) is 0 Å². The van der Waals surface area contributed by atoms with Gasteiger partial charge in [-0.1, -0.05) is 175 Å². The Bertz CT molecular complexity index is 580. The summed E-state index contributed by atoms with van der Waals surface area (Å²) in [5.41, 5.74) is 0. The van der Waals surface area contributed by atoms with Gasteiger partial charge in [-0.2, -0.15) is 0 Å². The van der Waals surface area contributed by atoms with Crippen molar-refractivity contribution in [1.29, 1.82) is 0 Å². The Morgan fingerprint density at radius 1 is 0.395 bits per heavy atom. The minimum Gasteiger partial charge on any atom is -0.328 e. The summed E-state index contributed by atoms with van der Waals surface area (Å²) in [4.78, 5) is 26.9. The van der Waals surface area contributed by atoms with Gasteiger partial charge in [-0.05, 0) is 25.7 Å². The Hall–Kier alpha value is -0.700. The van der Waals surface area contributed by atoms with Gasteiger partial charge in [-0.3, -0.25) is 9.59 Å². The molecule has 0 atom stereocenters. The van der Waals surface area contributed by atoms with Gasteiger partial charge in [-0.25, -0.2) is 0 Å². The fourth-order valence-electron chi connectivity index (χ4n) is 6.56. The molecule has 0 amide bonds. The largest absolute Gasteiger partial charge is 0.328 e. The fourth-order valence-corrected chi connectivity index (χ4v) is 6.56. The molecule has 0 saturated heterocycles. The normalized spacial score (nSPS) is 12.0. The van der Waals surface area contributed by atoms with E-state index in [4.69, 9.17) is 0 Å². The number of nitrogens with zero attached hydrogens (tertiary/aromatic N) is 1. The van der Waals surface area contributed by atoms with Crippen molar-refractivity contribution in [2.75, 3.05) is 27.2 Å². The lowest BCUT2D eigenvalue weighted by Crippen LogP contribution is -2.48. The molecule has 3 nitrogen and oxygen atoms in total. The average molecular weight is 607 g/mol. The number of carbonyl (C=O) groups is 2. The average Bonchev–Trinajstić information content (AvgIpc) is 2.99. The quantitative estimate of drug-likeness (QED) is 0.0408. The molecule has 0 fully saturated rings. The van der Waals surface area contributed by atoms with Gasteiger partial charge >= 0.3 is 0 Å². The molecule has 3 heteroatoms. The fraction of sp³-hybridized carbons (Fsp3) is 0.950. The van der Waals surface area contributed by atoms with E-state index in [2.05, 4.69) is 34.9 Å². The number of quaternary nitrogens is 1. The van der Waals surface area contributed by atoms with Crippen molar-refractivity contribution in [2.24, 2.45) is 5.92 Å². The Morgan fingerprint density at radius 3 is 0.953 bits per heavy atom. The zero-order chi connectivity index (χ0) is 31.9. The first-order valence-electron chi connectivity index (χ1n) is 19.7. The van der Waals surface area contributed by atoms with Gasteiger partial charge in [0.2, 0.25) is 0 Å². The summed E-state index contributed by atoms with van der Waals surface area (Å²) in [7, 11) is 4.50. The maximum atomic E-state index is 13.4. The minimum absolute atomic E-state index is 0.234. The number of rotatable bonds is 35. The van der Waals surface area contributed by atoms with Gasteiger partial charge in [0.1, 0.15) is 17.5 Å². The molecule has 0 rings (SSSR count). The van der Waals surface area contributed by atoms with Crippen LogP contribution in [0.4, 0.5) is 0 Å². The highest BCUT2D eigenvalue weighted by molar-refractivity contribution is 6.02. The van der Waals surface area contributed by atoms with Crippen molar-refractivity contribution >= 4 is 11.6 Å². The van der Waals surface area contributed by atoms with Crippen LogP contribution in [0.2, 0.25) is 0 Å². The third kappa shape index (κ3) is 28.5. The van der Waals surface area contributed by atoms with Crippen LogP contribution in [0.5, 0.6) is 0 Å². The summed E-state index contributed by atoms with van der Waals surface area (Å²) in [5, 5.41) is 0. The monoisotopic (exact) mass is 607 g/mol. The smallest absolute Gasteiger partial charge is 0.149 e. The van der Waals surface area contributed by atoms with E-state index in [0.29, 0.717) is 19.4 Å². The molecule has 0 aromatic rings. The molecule has 0 heterocycles. The molecule has 0 spiro atoms. The highest BCUT2D eigenvalue weighted by Crippen LogP contribution is 2.20. The molecule has 0 aliphatic heterocycles. The molecule has 0 unspecified atom stereocenters. The molecule has 0 aliphatic carbocycles. The number of ketones is 2. The van der Waals surface area contributed by atoms with E-state index in [-0.39, 0.29) is 17.5 Å². The first-order chi connectivity index (χ1) is 20.9. The second-order valence-corrected chi connectivity index (χ2v) is 14.7. The zero-order valence-corrected chi connectivity index (χ0v) is 30.5. The van der Waals surface area contributed by atoms with Crippen molar-refractivity contribution < 1.29 is 14.1 Å². The van der Waals surface area contributed by atoms with Crippen LogP contribution in [0, 0.1) is 5.92 Å². The molecule has 256 valence electrons. The molecular formula is C40H80NO2+. The predicted octanol–water partition coefficient (Wildman–Crippen LogP) is 12.6. The molecular weight excluding hydrogens is 526 g/mol. The van der Waals surface area contributed by atoms with E-state index in [1.54, 1.807) is 0 Å². The predicted molar refractivity (Wildman–Crippen MR) is 191 cm³/mol. The summed E-state index contributed by atoms with van der Waals surface area (Å²) in [5.74, 6) is 0.0810. The Morgan fingerprint density at radius 2 is 0.651 bits per heavy atom. The first-order valence-corrected chi connectivity index (χ1v) is 19.7. The number of hydrogen-bond acceptors (Lipinski definition) is 2. The van der Waals surface area contributed by atoms with E-state index >= 15 is 0 Å². The van der Waals surface area contributed by atoms with Gasteiger partial charge in [0.05, 0.1) is 27.2 Å². The second kappa shape index (κ2) is 31.3. The number of hydrogen-bond donors (Lipinski definition) is 0. The Balaban J connectivity index is 4.56. The summed E-state index contributed by atoms with van der Waals surface area (Å²) in [6, 6.07) is 0. The zero-order valence-electron chi connectivity index (χ0n) is 30.5. The number of carbonyl (C=O) groups excluding carboxylic acids is 2. The van der Waals surface area contributed by atoms with E-state index in [1.165, 1.54) is 154 Å². The second-order valence-electron chi connectivity index (χ2n) is 14.7. The highest BCUT2D eigenvalue weighted by atomic mass is 16.2. The SMILES string of the molecule is CCCCCCCCCCCC[N+](C)(C)CC(C(=O)CCCCCCCCCCC)C(=O)CCCCCCCCCCC. The highest BCUT2D eigenvalue weighted by Gasteiger charge is 2.32. The standard InChI is InChI=1S/C40H80NO2/c1-6-9-12-15-18-21-24-27-30-33-36-41(4,5)37-38(39(42)34-31-28-25-22-19-16-13-10-7-2)40(43)35-32-29-26-23-20-17-14-11-8-3/h38H,6-37H2,1-5H3/q+1. The van der Waals surface area contributed by atoms with Crippen LogP contribution in [0.25, 0.3) is 0 Å². The molecule has 0 aromatic heterocycles. The van der Waals surface area contributed by atoms with Crippen LogP contribution < -0.4 is 0 Å². The van der Waals surface area contributed by atoms with E-state index in [0.717, 1.165) is 36.7 Å². The Labute approximate surface area is 271 Å². The van der Waals surface area contributed by atoms with E-state index in [1.807, 2.05) is 0 Å². The van der Waals surface area contributed by atoms with Gasteiger partial charge in [0.25, 0.3) is 0 Å². The van der Waals surface area contributed by atoms with Crippen LogP contribution in [-0.2, 0) is 9.59 Å². The Kier molecular flexibility index (Phi) is 30.8. The lowest BCUT2D eigenvalue weighted by Gasteiger charge is -2.33. The molecule has 0 radical (unpaired) electrons. The molecule has 43 heavy (non-hydrogen) atoms. The van der Waals surface area contributed by atoms with Crippen molar-refractivity contribution in [1.82, 2.24) is 0 Å². The lowest BCUT2D eigenvalue weighted by atomic mass is 9.90. The maximum absolute atomic E-state index is 13.4. The van der Waals surface area contributed by atoms with Crippen molar-refractivity contribution in [3.63, 3.8) is 0 Å². The van der Waals surface area contributed by atoms with Gasteiger partial charge in [0, 0.05) is 12.8 Å². The number of unbranched alkanes of at least 4 members (excludes halogenated alkanes) is 25.